The lowest BCUT2D eigenvalue weighted by molar-refractivity contribution is -0.268. The van der Waals surface area contributed by atoms with Gasteiger partial charge < -0.3 is 10.0 Å². The largest absolute Gasteiger partial charge is 0.424 e. The lowest BCUT2D eigenvalue weighted by Gasteiger charge is -2.44. The van der Waals surface area contributed by atoms with Gasteiger partial charge in [0.25, 0.3) is 0 Å². The van der Waals surface area contributed by atoms with Crippen LogP contribution in [0.2, 0.25) is 0 Å². The minimum Gasteiger partial charge on any atom is -0.374 e. The van der Waals surface area contributed by atoms with Crippen LogP contribution in [0.4, 0.5) is 13.2 Å². The number of hydrogen-bond acceptors (Lipinski definition) is 4. The topological polar surface area (TPSA) is 53.4 Å². The summed E-state index contributed by atoms with van der Waals surface area (Å²) in [5.74, 6) is -0.669. The van der Waals surface area contributed by atoms with E-state index in [1.165, 1.54) is 4.90 Å². The number of aliphatic hydroxyl groups is 1. The number of benzene rings is 1. The fourth-order valence-corrected chi connectivity index (χ4v) is 5.48. The summed E-state index contributed by atoms with van der Waals surface area (Å²) in [6.45, 7) is 0.877. The van der Waals surface area contributed by atoms with E-state index in [9.17, 15) is 23.1 Å². The number of thiazole rings is 1. The first-order valence-electron chi connectivity index (χ1n) is 9.80. The molecule has 2 aromatic rings. The van der Waals surface area contributed by atoms with Gasteiger partial charge in [-0.05, 0) is 49.7 Å². The van der Waals surface area contributed by atoms with Gasteiger partial charge in [-0.1, -0.05) is 24.3 Å². The third kappa shape index (κ3) is 3.80. The Labute approximate surface area is 171 Å². The highest BCUT2D eigenvalue weighted by molar-refractivity contribution is 7.18. The Bertz CT molecular complexity index is 908. The van der Waals surface area contributed by atoms with Crippen LogP contribution in [0.3, 0.4) is 0 Å². The van der Waals surface area contributed by atoms with Gasteiger partial charge in [-0.25, -0.2) is 4.98 Å². The second-order valence-corrected chi connectivity index (χ2v) is 9.19. The summed E-state index contributed by atoms with van der Waals surface area (Å²) in [6, 6.07) is 6.63. The average molecular weight is 424 g/mol. The first-order chi connectivity index (χ1) is 13.7. The average Bonchev–Trinajstić information content (AvgIpc) is 3.12. The molecule has 1 aliphatic carbocycles. The zero-order chi connectivity index (χ0) is 20.7. The van der Waals surface area contributed by atoms with E-state index in [1.807, 2.05) is 0 Å². The van der Waals surface area contributed by atoms with E-state index in [-0.39, 0.29) is 5.41 Å². The van der Waals surface area contributed by atoms with Gasteiger partial charge >= 0.3 is 6.18 Å². The van der Waals surface area contributed by atoms with Gasteiger partial charge in [0.1, 0.15) is 5.01 Å². The number of rotatable bonds is 3. The molecule has 29 heavy (non-hydrogen) atoms. The number of alkyl halides is 3. The maximum absolute atomic E-state index is 13.9. The molecule has 1 fully saturated rings. The van der Waals surface area contributed by atoms with Crippen LogP contribution < -0.4 is 0 Å². The highest BCUT2D eigenvalue weighted by Gasteiger charge is 2.59. The number of piperidine rings is 1. The number of likely N-dealkylation sites (tertiary alicyclic amines) is 1. The lowest BCUT2D eigenvalue weighted by atomic mass is 9.71. The Balaban J connectivity index is 1.59. The van der Waals surface area contributed by atoms with E-state index in [0.29, 0.717) is 23.3 Å². The Morgan fingerprint density at radius 2 is 2.03 bits per heavy atom. The van der Waals surface area contributed by atoms with Gasteiger partial charge in [-0.2, -0.15) is 13.2 Å². The third-order valence-corrected chi connectivity index (χ3v) is 7.28. The summed E-state index contributed by atoms with van der Waals surface area (Å²) in [7, 11) is 0. The van der Waals surface area contributed by atoms with Gasteiger partial charge in [0.15, 0.2) is 0 Å². The molecule has 4 rings (SSSR count). The maximum atomic E-state index is 13.9. The highest BCUT2D eigenvalue weighted by Crippen LogP contribution is 2.46. The molecule has 1 saturated heterocycles. The molecule has 2 atom stereocenters. The van der Waals surface area contributed by atoms with Crippen LogP contribution in [-0.2, 0) is 10.4 Å². The number of amides is 1. The quantitative estimate of drug-likeness (QED) is 0.721. The Morgan fingerprint density at radius 3 is 2.72 bits per heavy atom. The normalized spacial score (nSPS) is 24.8. The molecule has 0 radical (unpaired) electrons. The number of aromatic nitrogens is 1. The molecule has 0 saturated carbocycles. The highest BCUT2D eigenvalue weighted by atomic mass is 32.1. The van der Waals surface area contributed by atoms with E-state index in [0.717, 1.165) is 43.4 Å². The van der Waals surface area contributed by atoms with Crippen molar-refractivity contribution in [2.45, 2.75) is 50.3 Å². The SMILES string of the molecule is O=C(C[C@](O)(c1nc2ccccc2s1)C(F)(F)F)N1CCC[C@@]2(CC=CCC2)C1. The summed E-state index contributed by atoms with van der Waals surface area (Å²) in [4.78, 5) is 18.4. The number of allylic oxidation sites excluding steroid dienone is 2. The second kappa shape index (κ2) is 7.40. The molecule has 2 heterocycles. The monoisotopic (exact) mass is 424 g/mol. The van der Waals surface area contributed by atoms with Crippen LogP contribution >= 0.6 is 11.3 Å². The van der Waals surface area contributed by atoms with Crippen molar-refractivity contribution in [3.05, 3.63) is 41.4 Å². The molecule has 4 nitrogen and oxygen atoms in total. The maximum Gasteiger partial charge on any atom is 0.424 e. The lowest BCUT2D eigenvalue weighted by Crippen LogP contribution is -2.51. The molecular formula is C21H23F3N2O2S. The summed E-state index contributed by atoms with van der Waals surface area (Å²) >= 11 is 0.780. The minimum absolute atomic E-state index is 0.0468. The number of fused-ring (bicyclic) bond motifs is 1. The van der Waals surface area contributed by atoms with Crippen molar-refractivity contribution in [3.63, 3.8) is 0 Å². The fourth-order valence-electron chi connectivity index (χ4n) is 4.41. The molecule has 156 valence electrons. The molecule has 1 N–H and O–H groups in total. The Hall–Kier alpha value is -1.93. The molecule has 0 bridgehead atoms. The van der Waals surface area contributed by atoms with Gasteiger partial charge in [0.05, 0.1) is 16.6 Å². The Morgan fingerprint density at radius 1 is 1.24 bits per heavy atom. The second-order valence-electron chi connectivity index (χ2n) is 8.15. The van der Waals surface area contributed by atoms with E-state index < -0.39 is 29.1 Å². The zero-order valence-electron chi connectivity index (χ0n) is 15.9. The van der Waals surface area contributed by atoms with Crippen molar-refractivity contribution in [1.29, 1.82) is 0 Å². The van der Waals surface area contributed by atoms with E-state index in [1.54, 1.807) is 24.3 Å². The summed E-state index contributed by atoms with van der Waals surface area (Å²) in [6.07, 6.45) is 2.63. The number of hydrogen-bond donors (Lipinski definition) is 1. The van der Waals surface area contributed by atoms with Gasteiger partial charge in [-0.15, -0.1) is 11.3 Å². The smallest absolute Gasteiger partial charge is 0.374 e. The van der Waals surface area contributed by atoms with Crippen LogP contribution in [-0.4, -0.2) is 40.2 Å². The predicted octanol–water partition coefficient (Wildman–Crippen LogP) is 4.79. The molecule has 1 aromatic carbocycles. The zero-order valence-corrected chi connectivity index (χ0v) is 16.7. The fraction of sp³-hybridized carbons (Fsp3) is 0.524. The first-order valence-corrected chi connectivity index (χ1v) is 10.6. The van der Waals surface area contributed by atoms with Crippen LogP contribution in [0, 0.1) is 5.41 Å². The molecule has 2 aliphatic rings. The molecule has 8 heteroatoms. The molecular weight excluding hydrogens is 401 g/mol. The van der Waals surface area contributed by atoms with Gasteiger partial charge in [0, 0.05) is 13.1 Å². The number of para-hydroxylation sites is 1. The number of carbonyl (C=O) groups is 1. The number of nitrogens with zero attached hydrogens (tertiary/aromatic N) is 2. The van der Waals surface area contributed by atoms with Crippen LogP contribution in [0.5, 0.6) is 0 Å². The van der Waals surface area contributed by atoms with Crippen molar-refractivity contribution in [2.24, 2.45) is 5.41 Å². The molecule has 1 spiro atoms. The molecule has 1 aromatic heterocycles. The van der Waals surface area contributed by atoms with E-state index in [4.69, 9.17) is 0 Å². The first kappa shape index (κ1) is 20.3. The Kier molecular flexibility index (Phi) is 5.19. The summed E-state index contributed by atoms with van der Waals surface area (Å²) < 4.78 is 42.3. The summed E-state index contributed by atoms with van der Waals surface area (Å²) in [5, 5.41) is 10.2. The minimum atomic E-state index is -5.00. The van der Waals surface area contributed by atoms with Crippen molar-refractivity contribution in [1.82, 2.24) is 9.88 Å². The molecule has 1 amide bonds. The van der Waals surface area contributed by atoms with Crippen LogP contribution in [0.15, 0.2) is 36.4 Å². The molecule has 1 aliphatic heterocycles. The molecule has 0 unspecified atom stereocenters. The van der Waals surface area contributed by atoms with Crippen LogP contribution in [0.25, 0.3) is 10.2 Å². The van der Waals surface area contributed by atoms with Crippen molar-refractivity contribution in [2.75, 3.05) is 13.1 Å². The van der Waals surface area contributed by atoms with Crippen molar-refractivity contribution < 1.29 is 23.1 Å². The number of halogens is 3. The van der Waals surface area contributed by atoms with Gasteiger partial charge in [0.2, 0.25) is 11.5 Å². The van der Waals surface area contributed by atoms with E-state index >= 15 is 0 Å². The van der Waals surface area contributed by atoms with Crippen LogP contribution in [0.1, 0.15) is 43.5 Å². The number of carbonyl (C=O) groups excluding carboxylic acids is 1. The summed E-state index contributed by atoms with van der Waals surface area (Å²) in [5.41, 5.74) is -2.95. The third-order valence-electron chi connectivity index (χ3n) is 6.10. The van der Waals surface area contributed by atoms with Crippen molar-refractivity contribution in [3.8, 4) is 0 Å². The predicted molar refractivity (Wildman–Crippen MR) is 105 cm³/mol. The van der Waals surface area contributed by atoms with E-state index in [2.05, 4.69) is 17.1 Å². The standard InChI is InChI=1S/C21H23F3N2O2S/c22-21(23,24)20(28,18-25-15-7-2-3-8-16(15)29-18)13-17(27)26-12-6-11-19(14-26)9-4-1-5-10-19/h1-4,7-8,28H,5-6,9-14H2/t19-,20-/m0/s1. The van der Waals surface area contributed by atoms with Gasteiger partial charge in [-0.3, -0.25) is 4.79 Å². The van der Waals surface area contributed by atoms with Crippen molar-refractivity contribution >= 4 is 27.5 Å².